The predicted molar refractivity (Wildman–Crippen MR) is 85.8 cm³/mol. The van der Waals surface area contributed by atoms with Crippen molar-refractivity contribution >= 4 is 23.5 Å². The van der Waals surface area contributed by atoms with Crippen LogP contribution >= 0.6 is 11.6 Å². The highest BCUT2D eigenvalue weighted by atomic mass is 35.5. The average molecular weight is 360 g/mol. The highest BCUT2D eigenvalue weighted by molar-refractivity contribution is 6.33. The Morgan fingerprint density at radius 2 is 1.92 bits per heavy atom. The minimum atomic E-state index is -1.21. The van der Waals surface area contributed by atoms with E-state index in [9.17, 15) is 18.4 Å². The van der Waals surface area contributed by atoms with Gasteiger partial charge in [0, 0.05) is 6.04 Å². The van der Waals surface area contributed by atoms with Crippen LogP contribution in [0.2, 0.25) is 5.02 Å². The van der Waals surface area contributed by atoms with Crippen LogP contribution in [-0.2, 0) is 9.53 Å². The zero-order valence-electron chi connectivity index (χ0n) is 13.6. The van der Waals surface area contributed by atoms with E-state index in [0.29, 0.717) is 24.0 Å². The lowest BCUT2D eigenvalue weighted by atomic mass is 9.78. The molecule has 0 aliphatic heterocycles. The van der Waals surface area contributed by atoms with Gasteiger partial charge < -0.3 is 10.1 Å². The number of hydrogen-bond donors (Lipinski definition) is 1. The van der Waals surface area contributed by atoms with Crippen LogP contribution in [0.4, 0.5) is 8.78 Å². The van der Waals surface area contributed by atoms with Crippen LogP contribution in [0.3, 0.4) is 0 Å². The second-order valence-electron chi connectivity index (χ2n) is 6.26. The third-order valence-electron chi connectivity index (χ3n) is 4.62. The number of carbonyl (C=O) groups excluding carboxylic acids is 2. The molecule has 0 unspecified atom stereocenters. The molecule has 0 radical (unpaired) electrons. The second-order valence-corrected chi connectivity index (χ2v) is 6.67. The van der Waals surface area contributed by atoms with Crippen molar-refractivity contribution in [3.05, 3.63) is 34.4 Å². The molecular formula is C17H20ClF2NO3. The molecule has 1 N–H and O–H groups in total. The summed E-state index contributed by atoms with van der Waals surface area (Å²) in [6.07, 6.45) is 3.07. The smallest absolute Gasteiger partial charge is 0.340 e. The first-order valence-electron chi connectivity index (χ1n) is 7.90. The molecule has 1 fully saturated rings. The normalized spacial score (nSPS) is 23.6. The van der Waals surface area contributed by atoms with Crippen LogP contribution in [0.5, 0.6) is 0 Å². The Morgan fingerprint density at radius 3 is 2.62 bits per heavy atom. The molecule has 132 valence electrons. The highest BCUT2D eigenvalue weighted by Crippen LogP contribution is 2.29. The molecular weight excluding hydrogens is 340 g/mol. The average Bonchev–Trinajstić information content (AvgIpc) is 2.53. The summed E-state index contributed by atoms with van der Waals surface area (Å²) in [5.74, 6) is -2.89. The third kappa shape index (κ3) is 4.44. The molecule has 0 heterocycles. The van der Waals surface area contributed by atoms with Crippen molar-refractivity contribution < 1.29 is 23.1 Å². The first-order chi connectivity index (χ1) is 11.3. The Kier molecular flexibility index (Phi) is 6.15. The van der Waals surface area contributed by atoms with E-state index in [1.54, 1.807) is 0 Å². The van der Waals surface area contributed by atoms with Gasteiger partial charge in [-0.2, -0.15) is 0 Å². The molecule has 1 saturated carbocycles. The van der Waals surface area contributed by atoms with Gasteiger partial charge in [0.1, 0.15) is 0 Å². The molecule has 1 aromatic carbocycles. The fraction of sp³-hybridized carbons (Fsp3) is 0.529. The van der Waals surface area contributed by atoms with Gasteiger partial charge in [-0.3, -0.25) is 4.79 Å². The maximum absolute atomic E-state index is 13.2. The topological polar surface area (TPSA) is 55.4 Å². The van der Waals surface area contributed by atoms with Gasteiger partial charge in [0.05, 0.1) is 10.6 Å². The summed E-state index contributed by atoms with van der Waals surface area (Å²) in [4.78, 5) is 23.8. The van der Waals surface area contributed by atoms with Crippen molar-refractivity contribution in [3.63, 3.8) is 0 Å². The van der Waals surface area contributed by atoms with Crippen LogP contribution in [0.15, 0.2) is 12.1 Å². The lowest BCUT2D eigenvalue weighted by Crippen LogP contribution is -2.45. The highest BCUT2D eigenvalue weighted by Gasteiger charge is 2.28. The fourth-order valence-corrected chi connectivity index (χ4v) is 3.15. The summed E-state index contributed by atoms with van der Waals surface area (Å²) in [5, 5.41) is 2.59. The van der Waals surface area contributed by atoms with Crippen LogP contribution in [-0.4, -0.2) is 24.5 Å². The molecule has 1 aliphatic rings. The fourth-order valence-electron chi connectivity index (χ4n) is 2.92. The van der Waals surface area contributed by atoms with Gasteiger partial charge in [-0.05, 0) is 30.4 Å². The van der Waals surface area contributed by atoms with E-state index < -0.39 is 30.1 Å². The number of carbonyl (C=O) groups is 2. The summed E-state index contributed by atoms with van der Waals surface area (Å²) >= 11 is 5.69. The number of esters is 1. The van der Waals surface area contributed by atoms with Crippen molar-refractivity contribution in [3.8, 4) is 0 Å². The largest absolute Gasteiger partial charge is 0.452 e. The zero-order valence-corrected chi connectivity index (χ0v) is 14.3. The number of halogens is 3. The molecule has 1 amide bonds. The summed E-state index contributed by atoms with van der Waals surface area (Å²) in [6, 6.07) is 1.40. The van der Waals surface area contributed by atoms with Crippen molar-refractivity contribution in [2.75, 3.05) is 6.61 Å². The van der Waals surface area contributed by atoms with Gasteiger partial charge in [-0.15, -0.1) is 0 Å². The molecule has 0 saturated heterocycles. The summed E-state index contributed by atoms with van der Waals surface area (Å²) in [6.45, 7) is 3.74. The second kappa shape index (κ2) is 7.92. The van der Waals surface area contributed by atoms with Crippen LogP contribution in [0.1, 0.15) is 43.5 Å². The Labute approximate surface area is 144 Å². The van der Waals surface area contributed by atoms with Crippen molar-refractivity contribution in [1.82, 2.24) is 5.32 Å². The standard InChI is InChI=1S/C17H20ClF2NO3/c1-9-4-3-5-15(10(9)2)21-16(22)8-24-17(23)11-6-13(19)14(20)7-12(11)18/h6-7,9-10,15H,3-5,8H2,1-2H3,(H,21,22)/t9-,10+,15-/m0/s1. The van der Waals surface area contributed by atoms with E-state index in [-0.39, 0.29) is 16.6 Å². The Morgan fingerprint density at radius 1 is 1.25 bits per heavy atom. The van der Waals surface area contributed by atoms with Crippen LogP contribution < -0.4 is 5.32 Å². The monoisotopic (exact) mass is 359 g/mol. The van der Waals surface area contributed by atoms with Crippen LogP contribution in [0, 0.1) is 23.5 Å². The SMILES string of the molecule is C[C@H]1[C@@H](NC(=O)COC(=O)c2cc(F)c(F)cc2Cl)CCC[C@@H]1C. The van der Waals surface area contributed by atoms with E-state index >= 15 is 0 Å². The van der Waals surface area contributed by atoms with E-state index in [1.807, 2.05) is 0 Å². The van der Waals surface area contributed by atoms with E-state index in [0.717, 1.165) is 19.3 Å². The van der Waals surface area contributed by atoms with Gasteiger partial charge >= 0.3 is 5.97 Å². The molecule has 24 heavy (non-hydrogen) atoms. The van der Waals surface area contributed by atoms with Crippen molar-refractivity contribution in [2.45, 2.75) is 39.2 Å². The zero-order chi connectivity index (χ0) is 17.9. The minimum absolute atomic E-state index is 0.0480. The lowest BCUT2D eigenvalue weighted by Gasteiger charge is -2.34. The van der Waals surface area contributed by atoms with Gasteiger partial charge in [0.15, 0.2) is 18.2 Å². The summed E-state index contributed by atoms with van der Waals surface area (Å²) in [5.41, 5.74) is -0.317. The Hall–Kier alpha value is -1.69. The number of hydrogen-bond acceptors (Lipinski definition) is 3. The summed E-state index contributed by atoms with van der Waals surface area (Å²) < 4.78 is 31.0. The van der Waals surface area contributed by atoms with Crippen LogP contribution in [0.25, 0.3) is 0 Å². The lowest BCUT2D eigenvalue weighted by molar-refractivity contribution is -0.125. The number of rotatable bonds is 4. The molecule has 1 aliphatic carbocycles. The van der Waals surface area contributed by atoms with Crippen molar-refractivity contribution in [1.29, 1.82) is 0 Å². The number of benzene rings is 1. The quantitative estimate of drug-likeness (QED) is 0.658. The van der Waals surface area contributed by atoms with Gasteiger partial charge in [0.2, 0.25) is 0 Å². The molecule has 4 nitrogen and oxygen atoms in total. The molecule has 2 rings (SSSR count). The molecule has 0 spiro atoms. The maximum atomic E-state index is 13.2. The van der Waals surface area contributed by atoms with E-state index in [4.69, 9.17) is 16.3 Å². The Balaban J connectivity index is 1.90. The molecule has 1 aromatic rings. The molecule has 3 atom stereocenters. The van der Waals surface area contributed by atoms with E-state index in [2.05, 4.69) is 19.2 Å². The number of amides is 1. The third-order valence-corrected chi connectivity index (χ3v) is 4.93. The molecule has 0 aromatic heterocycles. The minimum Gasteiger partial charge on any atom is -0.452 e. The maximum Gasteiger partial charge on any atom is 0.340 e. The molecule has 0 bridgehead atoms. The summed E-state index contributed by atoms with van der Waals surface area (Å²) in [7, 11) is 0. The van der Waals surface area contributed by atoms with Gasteiger partial charge in [-0.1, -0.05) is 38.3 Å². The van der Waals surface area contributed by atoms with E-state index in [1.165, 1.54) is 0 Å². The predicted octanol–water partition coefficient (Wildman–Crippen LogP) is 3.72. The molecule has 7 heteroatoms. The first-order valence-corrected chi connectivity index (χ1v) is 8.28. The van der Waals surface area contributed by atoms with Gasteiger partial charge in [-0.25, -0.2) is 13.6 Å². The first kappa shape index (κ1) is 18.6. The van der Waals surface area contributed by atoms with Crippen molar-refractivity contribution in [2.24, 2.45) is 11.8 Å². The van der Waals surface area contributed by atoms with Gasteiger partial charge in [0.25, 0.3) is 5.91 Å². The number of ether oxygens (including phenoxy) is 1. The number of nitrogens with one attached hydrogen (secondary N) is 1. The Bertz CT molecular complexity index is 639.